The summed E-state index contributed by atoms with van der Waals surface area (Å²) in [5, 5.41) is 12.1. The van der Waals surface area contributed by atoms with E-state index >= 15 is 0 Å². The molecule has 0 aromatic heterocycles. The lowest BCUT2D eigenvalue weighted by molar-refractivity contribution is -0.137. The van der Waals surface area contributed by atoms with Crippen LogP contribution in [0.25, 0.3) is 0 Å². The normalized spacial score (nSPS) is 23.2. The number of rotatable bonds is 2. The number of para-hydroxylation sites is 1. The van der Waals surface area contributed by atoms with Gasteiger partial charge in [0.2, 0.25) is 0 Å². The van der Waals surface area contributed by atoms with Crippen LogP contribution in [0.2, 0.25) is 5.02 Å². The zero-order valence-corrected chi connectivity index (χ0v) is 12.1. The molecule has 0 radical (unpaired) electrons. The molecule has 1 aromatic carbocycles. The van der Waals surface area contributed by atoms with E-state index in [0.717, 1.165) is 25.3 Å². The number of hydrogen-bond donors (Lipinski definition) is 1. The highest BCUT2D eigenvalue weighted by molar-refractivity contribution is 6.33. The molecule has 114 valence electrons. The molecule has 1 N–H and O–H groups in total. The SMILES string of the molecule is N#CC1CCCCCC1Nc1c(Cl)cccc1C(F)(F)F. The zero-order chi connectivity index (χ0) is 15.5. The minimum absolute atomic E-state index is 0.0331. The van der Waals surface area contributed by atoms with Gasteiger partial charge in [0.1, 0.15) is 0 Å². The van der Waals surface area contributed by atoms with Crippen molar-refractivity contribution in [3.8, 4) is 6.07 Å². The average Bonchev–Trinajstić information content (AvgIpc) is 2.64. The van der Waals surface area contributed by atoms with Crippen molar-refractivity contribution in [1.82, 2.24) is 0 Å². The Kier molecular flexibility index (Phi) is 5.00. The van der Waals surface area contributed by atoms with E-state index < -0.39 is 11.7 Å². The van der Waals surface area contributed by atoms with Gasteiger partial charge in [0.05, 0.1) is 28.3 Å². The van der Waals surface area contributed by atoms with Crippen molar-refractivity contribution in [3.63, 3.8) is 0 Å². The van der Waals surface area contributed by atoms with Crippen molar-refractivity contribution in [3.05, 3.63) is 28.8 Å². The van der Waals surface area contributed by atoms with Crippen LogP contribution >= 0.6 is 11.6 Å². The number of anilines is 1. The third kappa shape index (κ3) is 3.82. The first-order valence-electron chi connectivity index (χ1n) is 6.95. The predicted octanol–water partition coefficient (Wildman–Crippen LogP) is 5.24. The quantitative estimate of drug-likeness (QED) is 0.757. The summed E-state index contributed by atoms with van der Waals surface area (Å²) in [5.74, 6) is -0.287. The summed E-state index contributed by atoms with van der Waals surface area (Å²) >= 11 is 5.94. The Morgan fingerprint density at radius 2 is 1.90 bits per heavy atom. The van der Waals surface area contributed by atoms with E-state index in [1.807, 2.05) is 0 Å². The maximum atomic E-state index is 13.1. The van der Waals surface area contributed by atoms with Gasteiger partial charge in [0, 0.05) is 6.04 Å². The number of halogens is 4. The fraction of sp³-hybridized carbons (Fsp3) is 0.533. The highest BCUT2D eigenvalue weighted by Gasteiger charge is 2.35. The van der Waals surface area contributed by atoms with Crippen molar-refractivity contribution in [2.45, 2.75) is 44.3 Å². The molecule has 0 heterocycles. The molecule has 6 heteroatoms. The van der Waals surface area contributed by atoms with E-state index in [-0.39, 0.29) is 22.7 Å². The van der Waals surface area contributed by atoms with Crippen molar-refractivity contribution in [2.75, 3.05) is 5.32 Å². The van der Waals surface area contributed by atoms with Crippen molar-refractivity contribution < 1.29 is 13.2 Å². The first kappa shape index (κ1) is 16.0. The summed E-state index contributed by atoms with van der Waals surface area (Å²) in [6, 6.07) is 5.63. The van der Waals surface area contributed by atoms with Gasteiger partial charge in [-0.1, -0.05) is 36.9 Å². The van der Waals surface area contributed by atoms with Crippen LogP contribution in [-0.4, -0.2) is 6.04 Å². The maximum Gasteiger partial charge on any atom is 0.418 e. The topological polar surface area (TPSA) is 35.8 Å². The zero-order valence-electron chi connectivity index (χ0n) is 11.4. The van der Waals surface area contributed by atoms with Crippen LogP contribution in [0.1, 0.15) is 37.7 Å². The minimum Gasteiger partial charge on any atom is -0.379 e. The second-order valence-corrected chi connectivity index (χ2v) is 5.69. The highest BCUT2D eigenvalue weighted by atomic mass is 35.5. The first-order valence-corrected chi connectivity index (χ1v) is 7.33. The summed E-state index contributed by atoms with van der Waals surface area (Å²) in [6.07, 6.45) is -0.238. The lowest BCUT2D eigenvalue weighted by atomic mass is 9.95. The fourth-order valence-electron chi connectivity index (χ4n) is 2.73. The van der Waals surface area contributed by atoms with E-state index in [1.165, 1.54) is 12.1 Å². The van der Waals surface area contributed by atoms with Crippen LogP contribution in [0.5, 0.6) is 0 Å². The van der Waals surface area contributed by atoms with E-state index in [1.54, 1.807) is 0 Å². The van der Waals surface area contributed by atoms with Crippen LogP contribution < -0.4 is 5.32 Å². The molecule has 1 aromatic rings. The van der Waals surface area contributed by atoms with Crippen LogP contribution in [0, 0.1) is 17.2 Å². The van der Waals surface area contributed by atoms with E-state index in [4.69, 9.17) is 11.6 Å². The summed E-state index contributed by atoms with van der Waals surface area (Å²) in [7, 11) is 0. The lowest BCUT2D eigenvalue weighted by Gasteiger charge is -2.25. The molecule has 2 unspecified atom stereocenters. The van der Waals surface area contributed by atoms with Crippen LogP contribution in [0.3, 0.4) is 0 Å². The van der Waals surface area contributed by atoms with Gasteiger partial charge in [-0.05, 0) is 25.0 Å². The number of nitriles is 1. The van der Waals surface area contributed by atoms with E-state index in [2.05, 4.69) is 11.4 Å². The summed E-state index contributed by atoms with van der Waals surface area (Å²) in [6.45, 7) is 0. The molecule has 2 atom stereocenters. The molecule has 0 spiro atoms. The van der Waals surface area contributed by atoms with Crippen LogP contribution in [-0.2, 0) is 6.18 Å². The minimum atomic E-state index is -4.47. The number of benzene rings is 1. The predicted molar refractivity (Wildman–Crippen MR) is 76.1 cm³/mol. The van der Waals surface area contributed by atoms with Crippen molar-refractivity contribution in [1.29, 1.82) is 5.26 Å². The number of alkyl halides is 3. The highest BCUT2D eigenvalue weighted by Crippen LogP contribution is 2.40. The molecule has 0 saturated heterocycles. The lowest BCUT2D eigenvalue weighted by Crippen LogP contribution is -2.28. The standard InChI is InChI=1S/C15H16ClF3N2/c16-12-7-4-6-11(15(17,18)19)14(12)21-13-8-3-1-2-5-10(13)9-20/h4,6-7,10,13,21H,1-3,5,8H2. The molecule has 2 rings (SSSR count). The number of nitrogens with one attached hydrogen (secondary N) is 1. The fourth-order valence-corrected chi connectivity index (χ4v) is 2.96. The Morgan fingerprint density at radius 1 is 1.19 bits per heavy atom. The molecular formula is C15H16ClF3N2. The second kappa shape index (κ2) is 6.57. The molecule has 1 saturated carbocycles. The summed E-state index contributed by atoms with van der Waals surface area (Å²) in [4.78, 5) is 0. The van der Waals surface area contributed by atoms with E-state index in [9.17, 15) is 18.4 Å². The molecule has 21 heavy (non-hydrogen) atoms. The molecule has 1 aliphatic carbocycles. The average molecular weight is 317 g/mol. The molecule has 0 amide bonds. The molecular weight excluding hydrogens is 301 g/mol. The molecule has 2 nitrogen and oxygen atoms in total. The van der Waals surface area contributed by atoms with E-state index in [0.29, 0.717) is 12.8 Å². The smallest absolute Gasteiger partial charge is 0.379 e. The Balaban J connectivity index is 2.32. The van der Waals surface area contributed by atoms with Crippen LogP contribution in [0.4, 0.5) is 18.9 Å². The summed E-state index contributed by atoms with van der Waals surface area (Å²) < 4.78 is 39.2. The van der Waals surface area contributed by atoms with Crippen molar-refractivity contribution >= 4 is 17.3 Å². The second-order valence-electron chi connectivity index (χ2n) is 5.28. The molecule has 1 fully saturated rings. The van der Waals surface area contributed by atoms with Gasteiger partial charge in [-0.25, -0.2) is 0 Å². The third-order valence-corrected chi connectivity index (χ3v) is 4.15. The molecule has 0 bridgehead atoms. The molecule has 0 aliphatic heterocycles. The Bertz CT molecular complexity index is 537. The Hall–Kier alpha value is -1.41. The van der Waals surface area contributed by atoms with Gasteiger partial charge >= 0.3 is 6.18 Å². The van der Waals surface area contributed by atoms with Gasteiger partial charge in [0.15, 0.2) is 0 Å². The first-order chi connectivity index (χ1) is 9.93. The van der Waals surface area contributed by atoms with Crippen molar-refractivity contribution in [2.24, 2.45) is 5.92 Å². The van der Waals surface area contributed by atoms with Gasteiger partial charge in [0.25, 0.3) is 0 Å². The van der Waals surface area contributed by atoms with Gasteiger partial charge in [-0.2, -0.15) is 18.4 Å². The monoisotopic (exact) mass is 316 g/mol. The Morgan fingerprint density at radius 3 is 2.57 bits per heavy atom. The number of hydrogen-bond acceptors (Lipinski definition) is 2. The third-order valence-electron chi connectivity index (χ3n) is 3.83. The van der Waals surface area contributed by atoms with Gasteiger partial charge in [-0.15, -0.1) is 0 Å². The van der Waals surface area contributed by atoms with Gasteiger partial charge in [-0.3, -0.25) is 0 Å². The maximum absolute atomic E-state index is 13.1. The Labute approximate surface area is 126 Å². The molecule has 1 aliphatic rings. The number of nitrogens with zero attached hydrogens (tertiary/aromatic N) is 1. The van der Waals surface area contributed by atoms with Gasteiger partial charge < -0.3 is 5.32 Å². The van der Waals surface area contributed by atoms with Crippen LogP contribution in [0.15, 0.2) is 18.2 Å². The largest absolute Gasteiger partial charge is 0.418 e. The summed E-state index contributed by atoms with van der Waals surface area (Å²) in [5.41, 5.74) is -0.894.